The third kappa shape index (κ3) is 3.25. The van der Waals surface area contributed by atoms with E-state index in [0.717, 1.165) is 24.3 Å². The van der Waals surface area contributed by atoms with Gasteiger partial charge in [-0.25, -0.2) is 14.8 Å². The number of carbonyl (C=O) groups excluding carboxylic acids is 1. The largest absolute Gasteiger partial charge is 0.416 e. The fourth-order valence-corrected chi connectivity index (χ4v) is 2.22. The van der Waals surface area contributed by atoms with Gasteiger partial charge in [-0.3, -0.25) is 0 Å². The fraction of sp³-hybridized carbons (Fsp3) is 0.0714. The zero-order valence-electron chi connectivity index (χ0n) is 11.8. The number of anilines is 2. The molecule has 0 saturated carbocycles. The van der Waals surface area contributed by atoms with E-state index in [9.17, 15) is 18.0 Å². The van der Waals surface area contributed by atoms with Gasteiger partial charge in [0.05, 0.1) is 11.3 Å². The van der Waals surface area contributed by atoms with E-state index in [1.54, 1.807) is 0 Å². The van der Waals surface area contributed by atoms with Crippen LogP contribution in [-0.2, 0) is 6.18 Å². The highest BCUT2D eigenvalue weighted by atomic mass is 35.5. The molecule has 2 heterocycles. The summed E-state index contributed by atoms with van der Waals surface area (Å²) in [4.78, 5) is 22.6. The normalized spacial score (nSPS) is 11.5. The number of rotatable bonds is 2. The minimum atomic E-state index is -4.43. The Morgan fingerprint density at radius 2 is 1.83 bits per heavy atom. The van der Waals surface area contributed by atoms with Gasteiger partial charge in [-0.2, -0.15) is 13.2 Å². The third-order valence-corrected chi connectivity index (χ3v) is 3.42. The Kier molecular flexibility index (Phi) is 4.02. The number of fused-ring (bicyclic) bond motifs is 1. The Morgan fingerprint density at radius 1 is 1.12 bits per heavy atom. The van der Waals surface area contributed by atoms with Crippen LogP contribution in [0.4, 0.5) is 29.3 Å². The van der Waals surface area contributed by atoms with Gasteiger partial charge < -0.3 is 15.6 Å². The molecule has 10 heteroatoms. The molecule has 6 nitrogen and oxygen atoms in total. The minimum absolute atomic E-state index is 0.205. The number of alkyl halides is 3. The van der Waals surface area contributed by atoms with E-state index in [0.29, 0.717) is 16.7 Å². The van der Waals surface area contributed by atoms with Crippen molar-refractivity contribution in [2.24, 2.45) is 0 Å². The summed E-state index contributed by atoms with van der Waals surface area (Å²) >= 11 is 5.89. The lowest BCUT2D eigenvalue weighted by Gasteiger charge is -2.09. The molecule has 3 rings (SSSR count). The Bertz CT molecular complexity index is 892. The predicted molar refractivity (Wildman–Crippen MR) is 83.0 cm³/mol. The molecule has 0 radical (unpaired) electrons. The molecule has 2 aromatic heterocycles. The first-order valence-corrected chi connectivity index (χ1v) is 6.95. The van der Waals surface area contributed by atoms with Crippen LogP contribution in [0.2, 0.25) is 5.15 Å². The van der Waals surface area contributed by atoms with Gasteiger partial charge in [0.25, 0.3) is 0 Å². The van der Waals surface area contributed by atoms with Crippen LogP contribution >= 0.6 is 11.6 Å². The molecule has 0 spiro atoms. The summed E-state index contributed by atoms with van der Waals surface area (Å²) < 4.78 is 37.5. The van der Waals surface area contributed by atoms with Gasteiger partial charge in [-0.05, 0) is 24.3 Å². The molecule has 0 aliphatic heterocycles. The monoisotopic (exact) mass is 355 g/mol. The van der Waals surface area contributed by atoms with Crippen molar-refractivity contribution in [2.45, 2.75) is 6.18 Å². The van der Waals surface area contributed by atoms with E-state index >= 15 is 0 Å². The molecule has 0 fully saturated rings. The topological polar surface area (TPSA) is 82.7 Å². The van der Waals surface area contributed by atoms with Gasteiger partial charge in [0.1, 0.15) is 17.4 Å². The standard InChI is InChI=1S/C14H9ClF3N5O/c15-12-11-10(20-6-21-12)9(5-19-11)23-13(24)22-8-3-1-7(2-4-8)14(16,17)18/h1-6,19H,(H2,22,23,24). The number of aromatic amines is 1. The highest BCUT2D eigenvalue weighted by Gasteiger charge is 2.30. The zero-order valence-corrected chi connectivity index (χ0v) is 12.5. The zero-order chi connectivity index (χ0) is 17.3. The second-order valence-corrected chi connectivity index (χ2v) is 5.10. The van der Waals surface area contributed by atoms with Crippen LogP contribution in [0.5, 0.6) is 0 Å². The molecule has 24 heavy (non-hydrogen) atoms. The van der Waals surface area contributed by atoms with Crippen molar-refractivity contribution in [1.29, 1.82) is 0 Å². The fourth-order valence-electron chi connectivity index (χ4n) is 2.03. The van der Waals surface area contributed by atoms with E-state index in [4.69, 9.17) is 11.6 Å². The first-order valence-electron chi connectivity index (χ1n) is 6.57. The summed E-state index contributed by atoms with van der Waals surface area (Å²) in [6.07, 6.45) is -1.70. The van der Waals surface area contributed by atoms with E-state index in [2.05, 4.69) is 25.6 Å². The molecule has 0 aliphatic rings. The molecule has 124 valence electrons. The Hall–Kier alpha value is -2.81. The van der Waals surface area contributed by atoms with Crippen molar-refractivity contribution in [2.75, 3.05) is 10.6 Å². The summed E-state index contributed by atoms with van der Waals surface area (Å²) in [6.45, 7) is 0. The number of nitrogens with one attached hydrogen (secondary N) is 3. The summed E-state index contributed by atoms with van der Waals surface area (Å²) in [6, 6.07) is 3.46. The first-order chi connectivity index (χ1) is 11.3. The van der Waals surface area contributed by atoms with Crippen LogP contribution in [-0.4, -0.2) is 21.0 Å². The third-order valence-electron chi connectivity index (χ3n) is 3.14. The molecule has 0 aliphatic carbocycles. The molecule has 3 aromatic rings. The van der Waals surface area contributed by atoms with Crippen LogP contribution in [0.15, 0.2) is 36.8 Å². The number of H-pyrrole nitrogens is 1. The molecular formula is C14H9ClF3N5O. The number of benzene rings is 1. The molecule has 0 atom stereocenters. The highest BCUT2D eigenvalue weighted by Crippen LogP contribution is 2.30. The van der Waals surface area contributed by atoms with Crippen molar-refractivity contribution in [3.8, 4) is 0 Å². The van der Waals surface area contributed by atoms with Crippen LogP contribution in [0.25, 0.3) is 11.0 Å². The van der Waals surface area contributed by atoms with Crippen LogP contribution in [0.1, 0.15) is 5.56 Å². The van der Waals surface area contributed by atoms with E-state index < -0.39 is 17.8 Å². The molecule has 3 N–H and O–H groups in total. The smallest absolute Gasteiger partial charge is 0.355 e. The summed E-state index contributed by atoms with van der Waals surface area (Å²) in [5, 5.41) is 5.17. The van der Waals surface area contributed by atoms with Gasteiger partial charge in [-0.1, -0.05) is 11.6 Å². The van der Waals surface area contributed by atoms with Gasteiger partial charge >= 0.3 is 12.2 Å². The van der Waals surface area contributed by atoms with Gasteiger partial charge in [-0.15, -0.1) is 0 Å². The lowest BCUT2D eigenvalue weighted by molar-refractivity contribution is -0.137. The average molecular weight is 356 g/mol. The van der Waals surface area contributed by atoms with E-state index in [-0.39, 0.29) is 10.8 Å². The number of amides is 2. The number of carbonyl (C=O) groups is 1. The van der Waals surface area contributed by atoms with Crippen molar-refractivity contribution in [3.63, 3.8) is 0 Å². The Balaban J connectivity index is 1.72. The van der Waals surface area contributed by atoms with Crippen molar-refractivity contribution in [1.82, 2.24) is 15.0 Å². The van der Waals surface area contributed by atoms with Gasteiger partial charge in [0.2, 0.25) is 0 Å². The maximum atomic E-state index is 12.5. The van der Waals surface area contributed by atoms with Crippen molar-refractivity contribution < 1.29 is 18.0 Å². The second kappa shape index (κ2) is 6.00. The summed E-state index contributed by atoms with van der Waals surface area (Å²) in [5.41, 5.74) is 0.657. The molecule has 1 aromatic carbocycles. The maximum absolute atomic E-state index is 12.5. The molecular weight excluding hydrogens is 347 g/mol. The summed E-state index contributed by atoms with van der Waals surface area (Å²) in [7, 11) is 0. The number of aromatic nitrogens is 3. The number of hydrogen-bond donors (Lipinski definition) is 3. The van der Waals surface area contributed by atoms with Gasteiger partial charge in [0.15, 0.2) is 5.15 Å². The second-order valence-electron chi connectivity index (χ2n) is 4.74. The quantitative estimate of drug-likeness (QED) is 0.600. The number of halogens is 4. The van der Waals surface area contributed by atoms with Crippen molar-refractivity contribution >= 4 is 40.0 Å². The Labute approximate surface area is 138 Å². The summed E-state index contributed by atoms with van der Waals surface area (Å²) in [5.74, 6) is 0. The van der Waals surface area contributed by atoms with Crippen LogP contribution in [0, 0.1) is 0 Å². The highest BCUT2D eigenvalue weighted by molar-refractivity contribution is 6.34. The van der Waals surface area contributed by atoms with Gasteiger partial charge in [0, 0.05) is 11.9 Å². The lowest BCUT2D eigenvalue weighted by Crippen LogP contribution is -2.19. The molecule has 0 bridgehead atoms. The van der Waals surface area contributed by atoms with E-state index in [1.807, 2.05) is 0 Å². The van der Waals surface area contributed by atoms with Crippen molar-refractivity contribution in [3.05, 3.63) is 47.5 Å². The predicted octanol–water partition coefficient (Wildman–Crippen LogP) is 4.27. The number of nitrogens with zero attached hydrogens (tertiary/aromatic N) is 2. The minimum Gasteiger partial charge on any atom is -0.355 e. The SMILES string of the molecule is O=C(Nc1ccc(C(F)(F)F)cc1)Nc1c[nH]c2c(Cl)ncnc12. The maximum Gasteiger partial charge on any atom is 0.416 e. The lowest BCUT2D eigenvalue weighted by atomic mass is 10.2. The molecule has 0 saturated heterocycles. The van der Waals surface area contributed by atoms with Crippen LogP contribution < -0.4 is 10.6 Å². The molecule has 0 unspecified atom stereocenters. The molecule has 2 amide bonds. The number of urea groups is 1. The number of hydrogen-bond acceptors (Lipinski definition) is 3. The van der Waals surface area contributed by atoms with Crippen LogP contribution in [0.3, 0.4) is 0 Å². The van der Waals surface area contributed by atoms with E-state index in [1.165, 1.54) is 12.5 Å². The average Bonchev–Trinajstić information content (AvgIpc) is 2.91. The first kappa shape index (κ1) is 16.1. The Morgan fingerprint density at radius 3 is 2.50 bits per heavy atom.